The van der Waals surface area contributed by atoms with E-state index in [1.54, 1.807) is 4.90 Å². The number of nitrogens with one attached hydrogen (secondary N) is 3. The second kappa shape index (κ2) is 6.91. The van der Waals surface area contributed by atoms with Gasteiger partial charge in [-0.3, -0.25) is 9.69 Å². The van der Waals surface area contributed by atoms with Crippen LogP contribution in [-0.2, 0) is 4.79 Å². The Balaban J connectivity index is 1.95. The highest BCUT2D eigenvalue weighted by Gasteiger charge is 2.21. The van der Waals surface area contributed by atoms with Gasteiger partial charge in [-0.1, -0.05) is 13.0 Å². The number of rotatable bonds is 6. The molecule has 0 radical (unpaired) electrons. The summed E-state index contributed by atoms with van der Waals surface area (Å²) in [6.07, 6.45) is 0.433. The topological polar surface area (TPSA) is 73.5 Å². The van der Waals surface area contributed by atoms with Crippen LogP contribution in [0, 0.1) is 0 Å². The van der Waals surface area contributed by atoms with Crippen molar-refractivity contribution >= 4 is 23.3 Å². The van der Waals surface area contributed by atoms with Crippen molar-refractivity contribution in [1.29, 1.82) is 0 Å². The molecule has 0 unspecified atom stereocenters. The predicted octanol–water partition coefficient (Wildman–Crippen LogP) is 1.15. The van der Waals surface area contributed by atoms with E-state index < -0.39 is 0 Å². The molecule has 20 heavy (non-hydrogen) atoms. The predicted molar refractivity (Wildman–Crippen MR) is 79.0 cm³/mol. The maximum Gasteiger partial charge on any atom is 0.321 e. The summed E-state index contributed by atoms with van der Waals surface area (Å²) in [5.41, 5.74) is 1.51. The van der Waals surface area contributed by atoms with Gasteiger partial charge in [0.1, 0.15) is 0 Å². The van der Waals surface area contributed by atoms with Gasteiger partial charge in [-0.05, 0) is 24.7 Å². The number of amides is 3. The number of carbonyl (C=O) groups is 2. The third-order valence-electron chi connectivity index (χ3n) is 3.08. The summed E-state index contributed by atoms with van der Waals surface area (Å²) in [7, 11) is 0. The number of carbonyl (C=O) groups excluding carboxylic acids is 2. The number of urea groups is 1. The van der Waals surface area contributed by atoms with Gasteiger partial charge < -0.3 is 16.0 Å². The van der Waals surface area contributed by atoms with Gasteiger partial charge in [0.2, 0.25) is 5.91 Å². The fraction of sp³-hybridized carbons (Fsp3) is 0.429. The zero-order valence-electron chi connectivity index (χ0n) is 11.6. The maximum absolute atomic E-state index is 11.7. The standard InChI is InChI=1S/C14H20N4O2/c1-2-15-7-6-13(19)17-11-4-3-5-12(10-11)18-9-8-16-14(18)20/h3-5,10,15H,2,6-9H2,1H3,(H,16,20)(H,17,19). The molecule has 6 nitrogen and oxygen atoms in total. The van der Waals surface area contributed by atoms with Crippen LogP contribution in [0.3, 0.4) is 0 Å². The maximum atomic E-state index is 11.7. The molecule has 1 aromatic rings. The van der Waals surface area contributed by atoms with Crippen LogP contribution in [0.1, 0.15) is 13.3 Å². The highest BCUT2D eigenvalue weighted by atomic mass is 16.2. The molecule has 0 saturated carbocycles. The van der Waals surface area contributed by atoms with E-state index in [4.69, 9.17) is 0 Å². The van der Waals surface area contributed by atoms with E-state index >= 15 is 0 Å². The van der Waals surface area contributed by atoms with Crippen LogP contribution in [0.2, 0.25) is 0 Å². The van der Waals surface area contributed by atoms with E-state index in [1.165, 1.54) is 0 Å². The number of benzene rings is 1. The number of hydrogen-bond donors (Lipinski definition) is 3. The molecule has 0 aromatic heterocycles. The minimum Gasteiger partial charge on any atom is -0.336 e. The second-order valence-electron chi connectivity index (χ2n) is 4.59. The summed E-state index contributed by atoms with van der Waals surface area (Å²) in [4.78, 5) is 25.0. The van der Waals surface area contributed by atoms with Gasteiger partial charge in [-0.25, -0.2) is 4.79 Å². The zero-order chi connectivity index (χ0) is 14.4. The molecule has 1 heterocycles. The molecule has 108 valence electrons. The van der Waals surface area contributed by atoms with Crippen LogP contribution in [0.15, 0.2) is 24.3 Å². The van der Waals surface area contributed by atoms with Crippen LogP contribution in [0.5, 0.6) is 0 Å². The summed E-state index contributed by atoms with van der Waals surface area (Å²) in [6, 6.07) is 7.24. The van der Waals surface area contributed by atoms with Gasteiger partial charge in [-0.15, -0.1) is 0 Å². The van der Waals surface area contributed by atoms with Crippen LogP contribution in [0.25, 0.3) is 0 Å². The van der Waals surface area contributed by atoms with E-state index in [0.717, 1.165) is 12.2 Å². The molecule has 0 spiro atoms. The molecule has 1 aromatic carbocycles. The highest BCUT2D eigenvalue weighted by molar-refractivity contribution is 5.96. The smallest absolute Gasteiger partial charge is 0.321 e. The summed E-state index contributed by atoms with van der Waals surface area (Å²) in [5, 5.41) is 8.70. The van der Waals surface area contributed by atoms with Crippen molar-refractivity contribution < 1.29 is 9.59 Å². The Morgan fingerprint density at radius 2 is 2.30 bits per heavy atom. The quantitative estimate of drug-likeness (QED) is 0.683. The molecule has 6 heteroatoms. The molecule has 1 fully saturated rings. The minimum absolute atomic E-state index is 0.0334. The first-order valence-electron chi connectivity index (χ1n) is 6.86. The normalized spacial score (nSPS) is 14.2. The van der Waals surface area contributed by atoms with Gasteiger partial charge in [-0.2, -0.15) is 0 Å². The van der Waals surface area contributed by atoms with E-state index in [1.807, 2.05) is 31.2 Å². The van der Waals surface area contributed by atoms with Gasteiger partial charge >= 0.3 is 6.03 Å². The molecule has 0 atom stereocenters. The van der Waals surface area contributed by atoms with Crippen molar-refractivity contribution in [3.8, 4) is 0 Å². The van der Waals surface area contributed by atoms with E-state index in [-0.39, 0.29) is 11.9 Å². The Hall–Kier alpha value is -2.08. The lowest BCUT2D eigenvalue weighted by molar-refractivity contribution is -0.116. The van der Waals surface area contributed by atoms with Crippen LogP contribution in [-0.4, -0.2) is 38.1 Å². The molecule has 0 aliphatic carbocycles. The molecule has 3 N–H and O–H groups in total. The van der Waals surface area contributed by atoms with Gasteiger partial charge in [0, 0.05) is 37.4 Å². The first-order valence-corrected chi connectivity index (χ1v) is 6.86. The Morgan fingerprint density at radius 3 is 3.00 bits per heavy atom. The molecular formula is C14H20N4O2. The van der Waals surface area contributed by atoms with Gasteiger partial charge in [0.05, 0.1) is 0 Å². The van der Waals surface area contributed by atoms with E-state index in [0.29, 0.717) is 31.7 Å². The third-order valence-corrected chi connectivity index (χ3v) is 3.08. The number of hydrogen-bond acceptors (Lipinski definition) is 3. The molecule has 3 amide bonds. The Bertz CT molecular complexity index is 490. The third kappa shape index (κ3) is 3.71. The fourth-order valence-corrected chi connectivity index (χ4v) is 2.07. The zero-order valence-corrected chi connectivity index (χ0v) is 11.6. The van der Waals surface area contributed by atoms with Crippen molar-refractivity contribution in [2.75, 3.05) is 36.4 Å². The Labute approximate surface area is 118 Å². The molecule has 0 bridgehead atoms. The largest absolute Gasteiger partial charge is 0.336 e. The average Bonchev–Trinajstić information content (AvgIpc) is 2.85. The van der Waals surface area contributed by atoms with E-state index in [2.05, 4.69) is 16.0 Å². The van der Waals surface area contributed by atoms with Crippen molar-refractivity contribution in [1.82, 2.24) is 10.6 Å². The first kappa shape index (κ1) is 14.3. The average molecular weight is 276 g/mol. The highest BCUT2D eigenvalue weighted by Crippen LogP contribution is 2.21. The van der Waals surface area contributed by atoms with Gasteiger partial charge in [0.15, 0.2) is 0 Å². The minimum atomic E-state index is -0.0966. The van der Waals surface area contributed by atoms with Crippen molar-refractivity contribution in [3.05, 3.63) is 24.3 Å². The molecular weight excluding hydrogens is 256 g/mol. The summed E-state index contributed by atoms with van der Waals surface area (Å²) in [6.45, 7) is 4.82. The SMILES string of the molecule is CCNCCC(=O)Nc1cccc(N2CCNC2=O)c1. The summed E-state index contributed by atoms with van der Waals surface area (Å²) < 4.78 is 0. The lowest BCUT2D eigenvalue weighted by Crippen LogP contribution is -2.27. The van der Waals surface area contributed by atoms with E-state index in [9.17, 15) is 9.59 Å². The number of nitrogens with zero attached hydrogens (tertiary/aromatic N) is 1. The molecule has 1 aliphatic heterocycles. The number of anilines is 2. The van der Waals surface area contributed by atoms with Crippen molar-refractivity contribution in [3.63, 3.8) is 0 Å². The Kier molecular flexibility index (Phi) is 4.95. The second-order valence-corrected chi connectivity index (χ2v) is 4.59. The van der Waals surface area contributed by atoms with Gasteiger partial charge in [0.25, 0.3) is 0 Å². The molecule has 1 aliphatic rings. The van der Waals surface area contributed by atoms with Crippen LogP contribution < -0.4 is 20.9 Å². The van der Waals surface area contributed by atoms with Crippen LogP contribution in [0.4, 0.5) is 16.2 Å². The lowest BCUT2D eigenvalue weighted by Gasteiger charge is -2.15. The summed E-state index contributed by atoms with van der Waals surface area (Å²) >= 11 is 0. The lowest BCUT2D eigenvalue weighted by atomic mass is 10.2. The van der Waals surface area contributed by atoms with Crippen molar-refractivity contribution in [2.45, 2.75) is 13.3 Å². The Morgan fingerprint density at radius 1 is 1.45 bits per heavy atom. The molecule has 2 rings (SSSR count). The first-order chi connectivity index (χ1) is 9.70. The van der Waals surface area contributed by atoms with Crippen molar-refractivity contribution in [2.24, 2.45) is 0 Å². The molecule has 1 saturated heterocycles. The van der Waals surface area contributed by atoms with Crippen LogP contribution >= 0.6 is 0 Å². The fourth-order valence-electron chi connectivity index (χ4n) is 2.07. The summed E-state index contributed by atoms with van der Waals surface area (Å²) in [5.74, 6) is -0.0334. The monoisotopic (exact) mass is 276 g/mol.